The number of halogens is 2. The van der Waals surface area contributed by atoms with E-state index in [0.717, 1.165) is 0 Å². The lowest BCUT2D eigenvalue weighted by molar-refractivity contribution is 0.299. The Balaban J connectivity index is 2.19. The van der Waals surface area contributed by atoms with Crippen molar-refractivity contribution in [3.8, 4) is 5.75 Å². The van der Waals surface area contributed by atoms with Crippen LogP contribution >= 0.6 is 11.6 Å². The highest BCUT2D eigenvalue weighted by atomic mass is 35.5. The van der Waals surface area contributed by atoms with Gasteiger partial charge in [0.1, 0.15) is 24.0 Å². The van der Waals surface area contributed by atoms with Crippen LogP contribution in [0.3, 0.4) is 0 Å². The normalized spacial score (nSPS) is 10.2. The van der Waals surface area contributed by atoms with E-state index in [1.165, 1.54) is 18.2 Å². The first-order valence-corrected chi connectivity index (χ1v) is 5.96. The van der Waals surface area contributed by atoms with E-state index in [4.69, 9.17) is 27.5 Å². The van der Waals surface area contributed by atoms with E-state index in [1.807, 2.05) is 0 Å². The van der Waals surface area contributed by atoms with Crippen LogP contribution in [-0.2, 0) is 6.61 Å². The molecule has 0 radical (unpaired) electrons. The number of benzene rings is 2. The van der Waals surface area contributed by atoms with E-state index in [2.05, 4.69) is 0 Å². The topological polar surface area (TPSA) is 59.1 Å². The van der Waals surface area contributed by atoms with Gasteiger partial charge in [0.2, 0.25) is 0 Å². The Morgan fingerprint density at radius 1 is 1.26 bits per heavy atom. The largest absolute Gasteiger partial charge is 0.488 e. The van der Waals surface area contributed by atoms with Crippen molar-refractivity contribution in [2.75, 3.05) is 0 Å². The number of hydrogen-bond acceptors (Lipinski definition) is 2. The summed E-state index contributed by atoms with van der Waals surface area (Å²) < 4.78 is 19.0. The average Bonchev–Trinajstić information content (AvgIpc) is 2.40. The summed E-state index contributed by atoms with van der Waals surface area (Å²) in [4.78, 5) is 0. The fourth-order valence-electron chi connectivity index (χ4n) is 1.62. The highest BCUT2D eigenvalue weighted by molar-refractivity contribution is 6.30. The number of hydrogen-bond donors (Lipinski definition) is 2. The van der Waals surface area contributed by atoms with Crippen LogP contribution in [-0.4, -0.2) is 5.84 Å². The van der Waals surface area contributed by atoms with E-state index in [-0.39, 0.29) is 18.3 Å². The third-order valence-electron chi connectivity index (χ3n) is 2.57. The van der Waals surface area contributed by atoms with Gasteiger partial charge >= 0.3 is 0 Å². The summed E-state index contributed by atoms with van der Waals surface area (Å²) in [7, 11) is 0. The van der Waals surface area contributed by atoms with Crippen molar-refractivity contribution >= 4 is 17.4 Å². The number of nitrogens with one attached hydrogen (secondary N) is 1. The predicted molar refractivity (Wildman–Crippen MR) is 73.2 cm³/mol. The standard InChI is InChI=1S/C14H12ClFN2O/c15-10-5-6-12(16)9(7-10)8-19-13-4-2-1-3-11(13)14(17)18/h1-7H,8H2,(H3,17,18). The lowest BCUT2D eigenvalue weighted by atomic mass is 10.2. The molecule has 0 spiro atoms. The van der Waals surface area contributed by atoms with Gasteiger partial charge in [-0.3, -0.25) is 5.41 Å². The van der Waals surface area contributed by atoms with Crippen LogP contribution in [0.25, 0.3) is 0 Å². The van der Waals surface area contributed by atoms with E-state index in [9.17, 15) is 4.39 Å². The monoisotopic (exact) mass is 278 g/mol. The molecule has 0 atom stereocenters. The number of rotatable bonds is 4. The van der Waals surface area contributed by atoms with Gasteiger partial charge < -0.3 is 10.5 Å². The van der Waals surface area contributed by atoms with Crippen LogP contribution in [0.1, 0.15) is 11.1 Å². The minimum Gasteiger partial charge on any atom is -0.488 e. The minimum atomic E-state index is -0.385. The maximum absolute atomic E-state index is 13.5. The molecule has 0 unspecified atom stereocenters. The fourth-order valence-corrected chi connectivity index (χ4v) is 1.82. The van der Waals surface area contributed by atoms with Crippen molar-refractivity contribution in [3.05, 3.63) is 64.4 Å². The van der Waals surface area contributed by atoms with Gasteiger partial charge in [-0.2, -0.15) is 0 Å². The molecule has 2 aromatic rings. The van der Waals surface area contributed by atoms with Crippen molar-refractivity contribution < 1.29 is 9.13 Å². The molecule has 0 aliphatic carbocycles. The lowest BCUT2D eigenvalue weighted by Gasteiger charge is -2.11. The zero-order chi connectivity index (χ0) is 13.8. The summed E-state index contributed by atoms with van der Waals surface area (Å²) >= 11 is 5.80. The zero-order valence-corrected chi connectivity index (χ0v) is 10.7. The molecule has 0 fully saturated rings. The first kappa shape index (κ1) is 13.4. The van der Waals surface area contributed by atoms with E-state index < -0.39 is 0 Å². The first-order valence-electron chi connectivity index (χ1n) is 5.58. The molecular weight excluding hydrogens is 267 g/mol. The Morgan fingerprint density at radius 3 is 2.74 bits per heavy atom. The minimum absolute atomic E-state index is 0.0245. The van der Waals surface area contributed by atoms with Crippen LogP contribution < -0.4 is 10.5 Å². The molecule has 0 aliphatic heterocycles. The van der Waals surface area contributed by atoms with Gasteiger partial charge in [0.15, 0.2) is 0 Å². The van der Waals surface area contributed by atoms with Crippen LogP contribution in [0, 0.1) is 11.2 Å². The SMILES string of the molecule is N=C(N)c1ccccc1OCc1cc(Cl)ccc1F. The van der Waals surface area contributed by atoms with Gasteiger partial charge in [0.05, 0.1) is 5.56 Å². The summed E-state index contributed by atoms with van der Waals surface area (Å²) in [5, 5.41) is 7.88. The molecule has 5 heteroatoms. The third-order valence-corrected chi connectivity index (χ3v) is 2.80. The average molecular weight is 279 g/mol. The Labute approximate surface area is 115 Å². The van der Waals surface area contributed by atoms with Crippen LogP contribution in [0.2, 0.25) is 5.02 Å². The molecule has 0 saturated heterocycles. The van der Waals surface area contributed by atoms with Gasteiger partial charge in [0.25, 0.3) is 0 Å². The highest BCUT2D eigenvalue weighted by Gasteiger charge is 2.08. The molecule has 0 amide bonds. The van der Waals surface area contributed by atoms with Crippen molar-refractivity contribution in [2.45, 2.75) is 6.61 Å². The maximum Gasteiger partial charge on any atom is 0.130 e. The van der Waals surface area contributed by atoms with Gasteiger partial charge in [-0.05, 0) is 30.3 Å². The molecule has 0 saturated carbocycles. The molecule has 3 nitrogen and oxygen atoms in total. The fraction of sp³-hybridized carbons (Fsp3) is 0.0714. The Hall–Kier alpha value is -2.07. The number of nitrogen functional groups attached to an aromatic ring is 1. The number of nitrogens with two attached hydrogens (primary N) is 1. The first-order chi connectivity index (χ1) is 9.08. The Morgan fingerprint density at radius 2 is 2.00 bits per heavy atom. The number of amidine groups is 1. The van der Waals surface area contributed by atoms with Gasteiger partial charge in [-0.15, -0.1) is 0 Å². The van der Waals surface area contributed by atoms with E-state index in [1.54, 1.807) is 24.3 Å². The predicted octanol–water partition coefficient (Wildman–Crippen LogP) is 3.34. The molecule has 0 aromatic heterocycles. The lowest BCUT2D eigenvalue weighted by Crippen LogP contribution is -2.13. The zero-order valence-electron chi connectivity index (χ0n) is 9.99. The van der Waals surface area contributed by atoms with Crippen molar-refractivity contribution in [1.29, 1.82) is 5.41 Å². The Kier molecular flexibility index (Phi) is 4.02. The molecule has 98 valence electrons. The summed E-state index contributed by atoms with van der Waals surface area (Å²) in [6.45, 7) is 0.0245. The number of ether oxygens (including phenoxy) is 1. The summed E-state index contributed by atoms with van der Waals surface area (Å²) in [6.07, 6.45) is 0. The summed E-state index contributed by atoms with van der Waals surface area (Å²) in [5.41, 5.74) is 6.28. The van der Waals surface area contributed by atoms with Crippen LogP contribution in [0.4, 0.5) is 4.39 Å². The van der Waals surface area contributed by atoms with Gasteiger partial charge in [-0.1, -0.05) is 23.7 Å². The van der Waals surface area contributed by atoms with Crippen molar-refractivity contribution in [2.24, 2.45) is 5.73 Å². The second-order valence-corrected chi connectivity index (χ2v) is 4.37. The quantitative estimate of drug-likeness (QED) is 0.666. The summed E-state index contributed by atoms with van der Waals surface area (Å²) in [5.74, 6) is -0.0405. The van der Waals surface area contributed by atoms with Gasteiger partial charge in [-0.25, -0.2) is 4.39 Å². The molecule has 0 heterocycles. The number of para-hydroxylation sites is 1. The molecule has 2 aromatic carbocycles. The van der Waals surface area contributed by atoms with E-state index >= 15 is 0 Å². The van der Waals surface area contributed by atoms with Crippen LogP contribution in [0.15, 0.2) is 42.5 Å². The smallest absolute Gasteiger partial charge is 0.130 e. The molecule has 0 aliphatic rings. The Bertz CT molecular complexity index is 616. The second-order valence-electron chi connectivity index (χ2n) is 3.93. The molecular formula is C14H12ClFN2O. The van der Waals surface area contributed by atoms with Gasteiger partial charge in [0, 0.05) is 10.6 Å². The van der Waals surface area contributed by atoms with Crippen LogP contribution in [0.5, 0.6) is 5.75 Å². The third kappa shape index (κ3) is 3.23. The molecule has 2 rings (SSSR count). The van der Waals surface area contributed by atoms with Crippen molar-refractivity contribution in [3.63, 3.8) is 0 Å². The van der Waals surface area contributed by atoms with Crippen molar-refractivity contribution in [1.82, 2.24) is 0 Å². The maximum atomic E-state index is 13.5. The molecule has 3 N–H and O–H groups in total. The molecule has 19 heavy (non-hydrogen) atoms. The highest BCUT2D eigenvalue weighted by Crippen LogP contribution is 2.21. The van der Waals surface area contributed by atoms with E-state index in [0.29, 0.717) is 21.9 Å². The summed E-state index contributed by atoms with van der Waals surface area (Å²) in [6, 6.07) is 11.1. The molecule has 0 bridgehead atoms. The second kappa shape index (κ2) is 5.71.